The lowest BCUT2D eigenvalue weighted by molar-refractivity contribution is -0.104. The van der Waals surface area contributed by atoms with Crippen molar-refractivity contribution in [3.05, 3.63) is 47.7 Å². The quantitative estimate of drug-likeness (QED) is 0.350. The Bertz CT molecular complexity index is 407. The minimum Gasteiger partial charge on any atom is -0.515 e. The van der Waals surface area contributed by atoms with Crippen molar-refractivity contribution in [2.24, 2.45) is 4.99 Å². The van der Waals surface area contributed by atoms with Crippen LogP contribution in [0.5, 0.6) is 0 Å². The zero-order chi connectivity index (χ0) is 11.1. The first-order valence-electron chi connectivity index (χ1n) is 4.21. The van der Waals surface area contributed by atoms with Crippen molar-refractivity contribution in [2.75, 3.05) is 0 Å². The van der Waals surface area contributed by atoms with Crippen molar-refractivity contribution in [1.29, 1.82) is 0 Å². The SMILES string of the molecule is O=C/C(C=NC(=O)c1ccccc1)=C\O. The van der Waals surface area contributed by atoms with E-state index in [4.69, 9.17) is 5.11 Å². The average molecular weight is 203 g/mol. The molecule has 1 aromatic rings. The Hall–Kier alpha value is -2.23. The van der Waals surface area contributed by atoms with Gasteiger partial charge >= 0.3 is 0 Å². The molecule has 1 N–H and O–H groups in total. The molecule has 0 aliphatic carbocycles. The summed E-state index contributed by atoms with van der Waals surface area (Å²) >= 11 is 0. The molecule has 0 aromatic heterocycles. The molecule has 0 radical (unpaired) electrons. The van der Waals surface area contributed by atoms with Crippen LogP contribution in [-0.4, -0.2) is 23.5 Å². The molecule has 15 heavy (non-hydrogen) atoms. The van der Waals surface area contributed by atoms with Crippen LogP contribution < -0.4 is 0 Å². The smallest absolute Gasteiger partial charge is 0.276 e. The van der Waals surface area contributed by atoms with E-state index in [1.54, 1.807) is 30.3 Å². The van der Waals surface area contributed by atoms with Gasteiger partial charge in [0.15, 0.2) is 6.29 Å². The summed E-state index contributed by atoms with van der Waals surface area (Å²) in [5.41, 5.74) is 0.371. The molecule has 76 valence electrons. The third kappa shape index (κ3) is 3.19. The number of hydrogen-bond acceptors (Lipinski definition) is 3. The highest BCUT2D eigenvalue weighted by atomic mass is 16.2. The number of rotatable bonds is 3. The number of aldehydes is 1. The Kier molecular flexibility index (Phi) is 3.97. The second-order valence-electron chi connectivity index (χ2n) is 2.68. The summed E-state index contributed by atoms with van der Waals surface area (Å²) in [7, 11) is 0. The molecule has 1 amide bonds. The van der Waals surface area contributed by atoms with Gasteiger partial charge in [0, 0.05) is 11.8 Å². The van der Waals surface area contributed by atoms with Gasteiger partial charge in [-0.2, -0.15) is 0 Å². The van der Waals surface area contributed by atoms with Crippen LogP contribution in [0.1, 0.15) is 10.4 Å². The van der Waals surface area contributed by atoms with Crippen molar-refractivity contribution in [3.63, 3.8) is 0 Å². The van der Waals surface area contributed by atoms with E-state index in [0.29, 0.717) is 18.1 Å². The molecule has 0 atom stereocenters. The van der Waals surface area contributed by atoms with Crippen LogP contribution in [0, 0.1) is 0 Å². The summed E-state index contributed by atoms with van der Waals surface area (Å²) in [6.07, 6.45) is 2.01. The average Bonchev–Trinajstić information content (AvgIpc) is 2.31. The van der Waals surface area contributed by atoms with Gasteiger partial charge in [0.05, 0.1) is 11.8 Å². The van der Waals surface area contributed by atoms with E-state index >= 15 is 0 Å². The van der Waals surface area contributed by atoms with Crippen LogP contribution in [0.25, 0.3) is 0 Å². The van der Waals surface area contributed by atoms with Crippen LogP contribution in [0.15, 0.2) is 47.2 Å². The molecule has 0 fully saturated rings. The summed E-state index contributed by atoms with van der Waals surface area (Å²) in [4.78, 5) is 25.1. The first-order chi connectivity index (χ1) is 7.27. The number of benzene rings is 1. The third-order valence-corrected chi connectivity index (χ3v) is 1.64. The predicted molar refractivity (Wildman–Crippen MR) is 56.0 cm³/mol. The number of aliphatic hydroxyl groups is 1. The van der Waals surface area contributed by atoms with Gasteiger partial charge in [-0.1, -0.05) is 18.2 Å². The minimum atomic E-state index is -0.461. The summed E-state index contributed by atoms with van der Waals surface area (Å²) in [6.45, 7) is 0. The monoisotopic (exact) mass is 203 g/mol. The summed E-state index contributed by atoms with van der Waals surface area (Å²) in [6, 6.07) is 8.44. The van der Waals surface area contributed by atoms with Gasteiger partial charge in [-0.25, -0.2) is 4.99 Å². The number of hydrogen-bond donors (Lipinski definition) is 1. The Balaban J connectivity index is 2.76. The maximum Gasteiger partial charge on any atom is 0.276 e. The standard InChI is InChI=1S/C11H9NO3/c13-7-9(8-14)6-12-11(15)10-4-2-1-3-5-10/h1-8,13H/b9-7-,12-6?. The molecule has 0 heterocycles. The van der Waals surface area contributed by atoms with Crippen molar-refractivity contribution in [2.45, 2.75) is 0 Å². The van der Waals surface area contributed by atoms with E-state index in [1.165, 1.54) is 0 Å². The molecule has 0 aliphatic heterocycles. The van der Waals surface area contributed by atoms with E-state index in [9.17, 15) is 9.59 Å². The number of carbonyl (C=O) groups excluding carboxylic acids is 2. The molecule has 0 bridgehead atoms. The van der Waals surface area contributed by atoms with Crippen LogP contribution in [0.3, 0.4) is 0 Å². The highest BCUT2D eigenvalue weighted by molar-refractivity contribution is 6.08. The number of allylic oxidation sites excluding steroid dienone is 1. The third-order valence-electron chi connectivity index (χ3n) is 1.64. The van der Waals surface area contributed by atoms with Gasteiger partial charge in [-0.05, 0) is 12.1 Å². The second kappa shape index (κ2) is 5.49. The molecule has 4 heteroatoms. The van der Waals surface area contributed by atoms with Crippen LogP contribution in [0.2, 0.25) is 0 Å². The number of amides is 1. The molecule has 1 rings (SSSR count). The highest BCUT2D eigenvalue weighted by Crippen LogP contribution is 2.00. The van der Waals surface area contributed by atoms with Crippen LogP contribution in [0.4, 0.5) is 0 Å². The molecular formula is C11H9NO3. The molecule has 0 saturated heterocycles. The zero-order valence-corrected chi connectivity index (χ0v) is 7.83. The molecular weight excluding hydrogens is 194 g/mol. The van der Waals surface area contributed by atoms with E-state index < -0.39 is 5.91 Å². The molecule has 0 aliphatic rings. The van der Waals surface area contributed by atoms with E-state index in [2.05, 4.69) is 4.99 Å². The second-order valence-corrected chi connectivity index (χ2v) is 2.68. The fraction of sp³-hybridized carbons (Fsp3) is 0. The summed E-state index contributed by atoms with van der Waals surface area (Å²) < 4.78 is 0. The first kappa shape index (κ1) is 10.8. The van der Waals surface area contributed by atoms with Crippen molar-refractivity contribution < 1.29 is 14.7 Å². The number of carbonyl (C=O) groups is 2. The van der Waals surface area contributed by atoms with Gasteiger partial charge in [0.2, 0.25) is 0 Å². The normalized spacial score (nSPS) is 11.6. The first-order valence-corrected chi connectivity index (χ1v) is 4.21. The number of aliphatic hydroxyl groups excluding tert-OH is 1. The van der Waals surface area contributed by atoms with Crippen LogP contribution in [-0.2, 0) is 4.79 Å². The predicted octanol–water partition coefficient (Wildman–Crippen LogP) is 1.54. The van der Waals surface area contributed by atoms with Gasteiger partial charge < -0.3 is 5.11 Å². The summed E-state index contributed by atoms with van der Waals surface area (Å²) in [5, 5.41) is 8.51. The van der Waals surface area contributed by atoms with Gasteiger partial charge in [-0.15, -0.1) is 0 Å². The number of aliphatic imine (C=N–C) groups is 1. The Labute approximate surface area is 86.6 Å². The van der Waals surface area contributed by atoms with Gasteiger partial charge in [0.25, 0.3) is 5.91 Å². The Morgan fingerprint density at radius 1 is 1.27 bits per heavy atom. The van der Waals surface area contributed by atoms with Gasteiger partial charge in [0.1, 0.15) is 0 Å². The van der Waals surface area contributed by atoms with Gasteiger partial charge in [-0.3, -0.25) is 9.59 Å². The maximum absolute atomic E-state index is 11.4. The van der Waals surface area contributed by atoms with E-state index in [-0.39, 0.29) is 5.57 Å². The van der Waals surface area contributed by atoms with Crippen molar-refractivity contribution in [3.8, 4) is 0 Å². The topological polar surface area (TPSA) is 66.7 Å². The minimum absolute atomic E-state index is 0.0562. The molecule has 0 spiro atoms. The fourth-order valence-corrected chi connectivity index (χ4v) is 0.883. The number of nitrogens with zero attached hydrogens (tertiary/aromatic N) is 1. The van der Waals surface area contributed by atoms with E-state index in [1.807, 2.05) is 0 Å². The lowest BCUT2D eigenvalue weighted by Gasteiger charge is -1.92. The van der Waals surface area contributed by atoms with Crippen LogP contribution >= 0.6 is 0 Å². The molecule has 0 unspecified atom stereocenters. The highest BCUT2D eigenvalue weighted by Gasteiger charge is 2.00. The zero-order valence-electron chi connectivity index (χ0n) is 7.83. The lowest BCUT2D eigenvalue weighted by Crippen LogP contribution is -1.96. The van der Waals surface area contributed by atoms with Crippen molar-refractivity contribution >= 4 is 18.4 Å². The molecule has 1 aromatic carbocycles. The Morgan fingerprint density at radius 3 is 2.47 bits per heavy atom. The largest absolute Gasteiger partial charge is 0.515 e. The maximum atomic E-state index is 11.4. The Morgan fingerprint density at radius 2 is 1.93 bits per heavy atom. The fourth-order valence-electron chi connectivity index (χ4n) is 0.883. The molecule has 0 saturated carbocycles. The van der Waals surface area contributed by atoms with E-state index in [0.717, 1.165) is 6.21 Å². The van der Waals surface area contributed by atoms with Crippen molar-refractivity contribution in [1.82, 2.24) is 0 Å². The molecule has 4 nitrogen and oxygen atoms in total. The lowest BCUT2D eigenvalue weighted by atomic mass is 10.2. The summed E-state index contributed by atoms with van der Waals surface area (Å²) in [5.74, 6) is -0.461.